The fourth-order valence-corrected chi connectivity index (χ4v) is 2.37. The molecular formula is C11H19NO. The summed E-state index contributed by atoms with van der Waals surface area (Å²) in [7, 11) is 0. The van der Waals surface area contributed by atoms with Crippen LogP contribution in [-0.2, 0) is 4.74 Å². The zero-order valence-corrected chi connectivity index (χ0v) is 8.41. The van der Waals surface area contributed by atoms with Crippen LogP contribution in [0.15, 0.2) is 12.2 Å². The molecule has 0 spiro atoms. The first-order valence-electron chi connectivity index (χ1n) is 5.35. The summed E-state index contributed by atoms with van der Waals surface area (Å²) in [6, 6.07) is 0. The number of likely N-dealkylation sites (tertiary alicyclic amines) is 1. The van der Waals surface area contributed by atoms with Crippen molar-refractivity contribution in [3.05, 3.63) is 12.2 Å². The zero-order valence-electron chi connectivity index (χ0n) is 8.41. The van der Waals surface area contributed by atoms with E-state index in [-0.39, 0.29) is 0 Å². The topological polar surface area (TPSA) is 12.5 Å². The maximum atomic E-state index is 5.66. The van der Waals surface area contributed by atoms with Gasteiger partial charge < -0.3 is 4.74 Å². The van der Waals surface area contributed by atoms with E-state index in [1.54, 1.807) is 0 Å². The number of rotatable bonds is 2. The monoisotopic (exact) mass is 181 g/mol. The minimum atomic E-state index is 0.585. The third-order valence-corrected chi connectivity index (χ3v) is 3.17. The quantitative estimate of drug-likeness (QED) is 0.601. The van der Waals surface area contributed by atoms with Crippen molar-refractivity contribution in [3.63, 3.8) is 0 Å². The molecule has 0 N–H and O–H groups in total. The molecule has 2 nitrogen and oxygen atoms in total. The van der Waals surface area contributed by atoms with Gasteiger partial charge in [0.15, 0.2) is 0 Å². The Morgan fingerprint density at radius 2 is 2.38 bits per heavy atom. The SMILES string of the molecule is CC=CCN1CCC2OCCC2C1. The largest absolute Gasteiger partial charge is 0.378 e. The highest BCUT2D eigenvalue weighted by Gasteiger charge is 2.33. The van der Waals surface area contributed by atoms with Crippen molar-refractivity contribution in [1.29, 1.82) is 0 Å². The van der Waals surface area contributed by atoms with E-state index in [0.717, 1.165) is 19.1 Å². The predicted octanol–water partition coefficient (Wildman–Crippen LogP) is 1.67. The van der Waals surface area contributed by atoms with Gasteiger partial charge >= 0.3 is 0 Å². The molecule has 0 aromatic heterocycles. The van der Waals surface area contributed by atoms with Crippen LogP contribution in [0.3, 0.4) is 0 Å². The molecule has 2 heterocycles. The van der Waals surface area contributed by atoms with E-state index in [0.29, 0.717) is 6.10 Å². The summed E-state index contributed by atoms with van der Waals surface area (Å²) in [5.74, 6) is 0.819. The first-order valence-corrected chi connectivity index (χ1v) is 5.35. The Morgan fingerprint density at radius 1 is 1.46 bits per heavy atom. The average molecular weight is 181 g/mol. The summed E-state index contributed by atoms with van der Waals surface area (Å²) >= 11 is 0. The van der Waals surface area contributed by atoms with E-state index in [1.165, 1.54) is 25.9 Å². The van der Waals surface area contributed by atoms with E-state index in [2.05, 4.69) is 24.0 Å². The lowest BCUT2D eigenvalue weighted by Crippen LogP contribution is -2.41. The molecule has 0 aromatic rings. The Hall–Kier alpha value is -0.340. The van der Waals surface area contributed by atoms with Gasteiger partial charge in [0, 0.05) is 32.2 Å². The second-order valence-corrected chi connectivity index (χ2v) is 4.08. The number of ether oxygens (including phenoxy) is 1. The fraction of sp³-hybridized carbons (Fsp3) is 0.818. The van der Waals surface area contributed by atoms with Gasteiger partial charge in [-0.2, -0.15) is 0 Å². The Bertz CT molecular complexity index is 191. The smallest absolute Gasteiger partial charge is 0.0628 e. The number of hydrogen-bond acceptors (Lipinski definition) is 2. The highest BCUT2D eigenvalue weighted by atomic mass is 16.5. The molecule has 2 aliphatic heterocycles. The number of nitrogens with zero attached hydrogens (tertiary/aromatic N) is 1. The first kappa shape index (κ1) is 9.22. The molecule has 0 bridgehead atoms. The molecule has 0 aromatic carbocycles. The van der Waals surface area contributed by atoms with Crippen LogP contribution in [0, 0.1) is 5.92 Å². The molecule has 2 atom stereocenters. The molecule has 13 heavy (non-hydrogen) atoms. The van der Waals surface area contributed by atoms with E-state index in [9.17, 15) is 0 Å². The van der Waals surface area contributed by atoms with Crippen molar-refractivity contribution in [3.8, 4) is 0 Å². The summed E-state index contributed by atoms with van der Waals surface area (Å²) in [4.78, 5) is 2.54. The maximum Gasteiger partial charge on any atom is 0.0628 e. The average Bonchev–Trinajstić information content (AvgIpc) is 2.61. The second kappa shape index (κ2) is 4.25. The lowest BCUT2D eigenvalue weighted by atomic mass is 9.94. The third kappa shape index (κ3) is 2.12. The second-order valence-electron chi connectivity index (χ2n) is 4.08. The minimum Gasteiger partial charge on any atom is -0.378 e. The van der Waals surface area contributed by atoms with Crippen molar-refractivity contribution in [2.45, 2.75) is 25.9 Å². The van der Waals surface area contributed by atoms with Gasteiger partial charge in [-0.1, -0.05) is 12.2 Å². The van der Waals surface area contributed by atoms with Crippen molar-refractivity contribution >= 4 is 0 Å². The highest BCUT2D eigenvalue weighted by molar-refractivity contribution is 4.88. The van der Waals surface area contributed by atoms with Crippen LogP contribution < -0.4 is 0 Å². The van der Waals surface area contributed by atoms with Crippen molar-refractivity contribution in [1.82, 2.24) is 4.90 Å². The van der Waals surface area contributed by atoms with E-state index >= 15 is 0 Å². The summed E-state index contributed by atoms with van der Waals surface area (Å²) in [5.41, 5.74) is 0. The highest BCUT2D eigenvalue weighted by Crippen LogP contribution is 2.28. The Labute approximate surface area is 80.6 Å². The lowest BCUT2D eigenvalue weighted by molar-refractivity contribution is 0.0387. The van der Waals surface area contributed by atoms with Gasteiger partial charge in [-0.3, -0.25) is 4.90 Å². The van der Waals surface area contributed by atoms with Crippen LogP contribution in [0.25, 0.3) is 0 Å². The molecule has 0 amide bonds. The lowest BCUT2D eigenvalue weighted by Gasteiger charge is -2.33. The van der Waals surface area contributed by atoms with Crippen molar-refractivity contribution < 1.29 is 4.74 Å². The van der Waals surface area contributed by atoms with E-state index < -0.39 is 0 Å². The zero-order chi connectivity index (χ0) is 9.10. The van der Waals surface area contributed by atoms with Crippen molar-refractivity contribution in [2.75, 3.05) is 26.2 Å². The predicted molar refractivity (Wildman–Crippen MR) is 53.7 cm³/mol. The Balaban J connectivity index is 1.82. The minimum absolute atomic E-state index is 0.585. The van der Waals surface area contributed by atoms with Crippen LogP contribution in [-0.4, -0.2) is 37.2 Å². The number of piperidine rings is 1. The van der Waals surface area contributed by atoms with Crippen LogP contribution >= 0.6 is 0 Å². The maximum absolute atomic E-state index is 5.66. The Kier molecular flexibility index (Phi) is 3.01. The molecule has 2 heteroatoms. The standard InChI is InChI=1S/C11H19NO/c1-2-3-6-12-7-4-11-10(9-12)5-8-13-11/h2-3,10-11H,4-9H2,1H3. The van der Waals surface area contributed by atoms with Crippen molar-refractivity contribution in [2.24, 2.45) is 5.92 Å². The van der Waals surface area contributed by atoms with E-state index in [1.807, 2.05) is 0 Å². The summed E-state index contributed by atoms with van der Waals surface area (Å²) in [5, 5.41) is 0. The van der Waals surface area contributed by atoms with Gasteiger partial charge in [0.05, 0.1) is 6.10 Å². The summed E-state index contributed by atoms with van der Waals surface area (Å²) < 4.78 is 5.66. The molecule has 0 saturated carbocycles. The fourth-order valence-electron chi connectivity index (χ4n) is 2.37. The number of fused-ring (bicyclic) bond motifs is 1. The van der Waals surface area contributed by atoms with Gasteiger partial charge in [-0.15, -0.1) is 0 Å². The molecule has 2 unspecified atom stereocenters. The van der Waals surface area contributed by atoms with Crippen LogP contribution in [0.4, 0.5) is 0 Å². The molecule has 0 radical (unpaired) electrons. The van der Waals surface area contributed by atoms with Gasteiger partial charge in [0.25, 0.3) is 0 Å². The Morgan fingerprint density at radius 3 is 3.23 bits per heavy atom. The van der Waals surface area contributed by atoms with Crippen LogP contribution in [0.1, 0.15) is 19.8 Å². The molecule has 2 fully saturated rings. The van der Waals surface area contributed by atoms with Gasteiger partial charge in [-0.25, -0.2) is 0 Å². The summed E-state index contributed by atoms with van der Waals surface area (Å²) in [6.45, 7) is 6.67. The molecular weight excluding hydrogens is 162 g/mol. The van der Waals surface area contributed by atoms with Gasteiger partial charge in [0.2, 0.25) is 0 Å². The first-order chi connectivity index (χ1) is 6.40. The van der Waals surface area contributed by atoms with Gasteiger partial charge in [-0.05, 0) is 19.8 Å². The molecule has 74 valence electrons. The van der Waals surface area contributed by atoms with Gasteiger partial charge in [0.1, 0.15) is 0 Å². The third-order valence-electron chi connectivity index (χ3n) is 3.17. The normalized spacial score (nSPS) is 35.5. The van der Waals surface area contributed by atoms with Crippen LogP contribution in [0.5, 0.6) is 0 Å². The molecule has 2 rings (SSSR count). The number of allylic oxidation sites excluding steroid dienone is 1. The van der Waals surface area contributed by atoms with Crippen LogP contribution in [0.2, 0.25) is 0 Å². The number of hydrogen-bond donors (Lipinski definition) is 0. The molecule has 0 aliphatic carbocycles. The molecule has 2 aliphatic rings. The summed E-state index contributed by atoms with van der Waals surface area (Å²) in [6.07, 6.45) is 7.48. The van der Waals surface area contributed by atoms with E-state index in [4.69, 9.17) is 4.74 Å². The molecule has 2 saturated heterocycles.